The Bertz CT molecular complexity index is 1330. The summed E-state index contributed by atoms with van der Waals surface area (Å²) in [6.45, 7) is 4.27. The average molecular weight is 456 g/mol. The molecule has 1 saturated heterocycles. The van der Waals surface area contributed by atoms with Gasteiger partial charge in [-0.2, -0.15) is 4.31 Å². The molecule has 9 heteroatoms. The summed E-state index contributed by atoms with van der Waals surface area (Å²) in [6, 6.07) is 11.4. The van der Waals surface area contributed by atoms with Gasteiger partial charge in [-0.3, -0.25) is 4.79 Å². The molecule has 0 radical (unpaired) electrons. The summed E-state index contributed by atoms with van der Waals surface area (Å²) in [5, 5.41) is 0.445. The number of hydrogen-bond donors (Lipinski definition) is 1. The summed E-state index contributed by atoms with van der Waals surface area (Å²) < 4.78 is 33.2. The molecule has 8 nitrogen and oxygen atoms in total. The maximum absolute atomic E-state index is 13.1. The third-order valence-corrected chi connectivity index (χ3v) is 7.70. The predicted octanol–water partition coefficient (Wildman–Crippen LogP) is 3.32. The molecule has 4 rings (SSSR count). The van der Waals surface area contributed by atoms with Gasteiger partial charge in [-0.1, -0.05) is 24.6 Å². The number of hydrogen-bond acceptors (Lipinski definition) is 6. The number of H-pyrrole nitrogens is 1. The third kappa shape index (κ3) is 4.31. The van der Waals surface area contributed by atoms with Crippen LogP contribution in [0.1, 0.15) is 54.0 Å². The van der Waals surface area contributed by atoms with E-state index in [9.17, 15) is 18.0 Å². The first-order valence-electron chi connectivity index (χ1n) is 10.6. The van der Waals surface area contributed by atoms with Crippen molar-refractivity contribution in [1.82, 2.24) is 14.3 Å². The van der Waals surface area contributed by atoms with Gasteiger partial charge in [0.05, 0.1) is 21.4 Å². The Morgan fingerprint density at radius 3 is 2.59 bits per heavy atom. The molecule has 1 aliphatic heterocycles. The molecule has 2 aromatic carbocycles. The number of carbonyl (C=O) groups is 1. The van der Waals surface area contributed by atoms with E-state index in [0.717, 1.165) is 19.3 Å². The van der Waals surface area contributed by atoms with Crippen LogP contribution >= 0.6 is 0 Å². The number of aromatic amines is 1. The standard InChI is InChI=1S/C23H25N3O5S/c1-15-10-11-17(14-20(15)32(29,30)26-12-6-3-7-13-26)23(28)31-16(2)21-24-19-9-5-4-8-18(19)22(27)25-21/h4-5,8-11,14,16H,3,6-7,12-13H2,1-2H3,(H,24,25,27). The van der Waals surface area contributed by atoms with Crippen LogP contribution in [0.3, 0.4) is 0 Å². The van der Waals surface area contributed by atoms with Crippen molar-refractivity contribution in [1.29, 1.82) is 0 Å². The van der Waals surface area contributed by atoms with Gasteiger partial charge >= 0.3 is 5.97 Å². The summed E-state index contributed by atoms with van der Waals surface area (Å²) in [5.41, 5.74) is 0.875. The van der Waals surface area contributed by atoms with Crippen LogP contribution in [0, 0.1) is 6.92 Å². The number of aryl methyl sites for hydroxylation is 1. The first-order valence-corrected chi connectivity index (χ1v) is 12.0. The van der Waals surface area contributed by atoms with Crippen LogP contribution in [-0.2, 0) is 14.8 Å². The highest BCUT2D eigenvalue weighted by Crippen LogP contribution is 2.25. The Morgan fingerprint density at radius 1 is 1.12 bits per heavy atom. The number of esters is 1. The Morgan fingerprint density at radius 2 is 1.84 bits per heavy atom. The number of piperidine rings is 1. The van der Waals surface area contributed by atoms with Crippen LogP contribution in [0.5, 0.6) is 0 Å². The van der Waals surface area contributed by atoms with E-state index in [1.54, 1.807) is 44.2 Å². The lowest BCUT2D eigenvalue weighted by Crippen LogP contribution is -2.36. The Hall–Kier alpha value is -3.04. The molecule has 1 unspecified atom stereocenters. The van der Waals surface area contributed by atoms with Crippen molar-refractivity contribution in [2.24, 2.45) is 0 Å². The van der Waals surface area contributed by atoms with Gasteiger partial charge in [0, 0.05) is 13.1 Å². The van der Waals surface area contributed by atoms with Gasteiger partial charge in [0.2, 0.25) is 10.0 Å². The molecule has 1 atom stereocenters. The highest BCUT2D eigenvalue weighted by Gasteiger charge is 2.28. The summed E-state index contributed by atoms with van der Waals surface area (Å²) in [5.74, 6) is -0.473. The number of rotatable bonds is 5. The Kier molecular flexibility index (Phi) is 6.12. The second kappa shape index (κ2) is 8.84. The first kappa shape index (κ1) is 22.2. The van der Waals surface area contributed by atoms with Gasteiger partial charge in [-0.25, -0.2) is 18.2 Å². The molecule has 1 N–H and O–H groups in total. The first-order chi connectivity index (χ1) is 15.3. The highest BCUT2D eigenvalue weighted by molar-refractivity contribution is 7.89. The zero-order valence-corrected chi connectivity index (χ0v) is 18.8. The van der Waals surface area contributed by atoms with Gasteiger partial charge in [-0.15, -0.1) is 0 Å². The minimum Gasteiger partial charge on any atom is -0.451 e. The maximum atomic E-state index is 13.1. The van der Waals surface area contributed by atoms with E-state index in [0.29, 0.717) is 29.6 Å². The van der Waals surface area contributed by atoms with Crippen LogP contribution in [-0.4, -0.2) is 41.7 Å². The summed E-state index contributed by atoms with van der Waals surface area (Å²) >= 11 is 0. The van der Waals surface area contributed by atoms with Gasteiger partial charge in [0.1, 0.15) is 0 Å². The fraction of sp³-hybridized carbons (Fsp3) is 0.348. The van der Waals surface area contributed by atoms with Crippen molar-refractivity contribution in [3.8, 4) is 0 Å². The van der Waals surface area contributed by atoms with Gasteiger partial charge in [0.15, 0.2) is 11.9 Å². The summed E-state index contributed by atoms with van der Waals surface area (Å²) in [4.78, 5) is 32.2. The van der Waals surface area contributed by atoms with Crippen LogP contribution in [0.15, 0.2) is 52.2 Å². The quantitative estimate of drug-likeness (QED) is 0.591. The van der Waals surface area contributed by atoms with E-state index in [1.807, 2.05) is 0 Å². The van der Waals surface area contributed by atoms with Gasteiger partial charge < -0.3 is 9.72 Å². The molecule has 0 aliphatic carbocycles. The van der Waals surface area contributed by atoms with Crippen molar-refractivity contribution in [2.75, 3.05) is 13.1 Å². The molecule has 32 heavy (non-hydrogen) atoms. The number of carbonyl (C=O) groups excluding carboxylic acids is 1. The molecule has 0 saturated carbocycles. The predicted molar refractivity (Wildman–Crippen MR) is 120 cm³/mol. The van der Waals surface area contributed by atoms with Crippen LogP contribution < -0.4 is 5.56 Å². The number of sulfonamides is 1. The average Bonchev–Trinajstić information content (AvgIpc) is 2.79. The molecule has 168 valence electrons. The molecule has 1 aliphatic rings. The zero-order chi connectivity index (χ0) is 22.9. The molecule has 0 bridgehead atoms. The summed E-state index contributed by atoms with van der Waals surface area (Å²) in [6.07, 6.45) is 1.84. The number of benzene rings is 2. The molecule has 1 aromatic heterocycles. The molecule has 2 heterocycles. The number of para-hydroxylation sites is 1. The van der Waals surface area contributed by atoms with Gasteiger partial charge in [-0.05, 0) is 56.5 Å². The minimum atomic E-state index is -3.69. The van der Waals surface area contributed by atoms with Gasteiger partial charge in [0.25, 0.3) is 5.56 Å². The third-order valence-electron chi connectivity index (χ3n) is 5.66. The Balaban J connectivity index is 1.59. The number of aromatic nitrogens is 2. The normalized spacial score (nSPS) is 16.1. The molecule has 0 spiro atoms. The van der Waals surface area contributed by atoms with Crippen molar-refractivity contribution in [3.05, 3.63) is 69.8 Å². The largest absolute Gasteiger partial charge is 0.451 e. The molecule has 1 fully saturated rings. The minimum absolute atomic E-state index is 0.110. The van der Waals surface area contributed by atoms with Crippen molar-refractivity contribution >= 4 is 26.9 Å². The van der Waals surface area contributed by atoms with E-state index in [-0.39, 0.29) is 21.8 Å². The van der Waals surface area contributed by atoms with Crippen LogP contribution in [0.25, 0.3) is 10.9 Å². The maximum Gasteiger partial charge on any atom is 0.338 e. The highest BCUT2D eigenvalue weighted by atomic mass is 32.2. The number of nitrogens with one attached hydrogen (secondary N) is 1. The van der Waals surface area contributed by atoms with E-state index in [2.05, 4.69) is 9.97 Å². The van der Waals surface area contributed by atoms with E-state index >= 15 is 0 Å². The molecular formula is C23H25N3O5S. The zero-order valence-electron chi connectivity index (χ0n) is 18.0. The monoisotopic (exact) mass is 455 g/mol. The summed E-state index contributed by atoms with van der Waals surface area (Å²) in [7, 11) is -3.69. The van der Waals surface area contributed by atoms with E-state index in [1.165, 1.54) is 16.4 Å². The topological polar surface area (TPSA) is 109 Å². The molecule has 3 aromatic rings. The van der Waals surface area contributed by atoms with Crippen LogP contribution in [0.4, 0.5) is 0 Å². The second-order valence-corrected chi connectivity index (χ2v) is 9.87. The number of fused-ring (bicyclic) bond motifs is 1. The SMILES string of the molecule is Cc1ccc(C(=O)OC(C)c2nc3ccccc3c(=O)[nH]2)cc1S(=O)(=O)N1CCCCC1. The Labute approximate surface area is 186 Å². The van der Waals surface area contributed by atoms with E-state index in [4.69, 9.17) is 4.74 Å². The second-order valence-electron chi connectivity index (χ2n) is 7.96. The smallest absolute Gasteiger partial charge is 0.338 e. The van der Waals surface area contributed by atoms with E-state index < -0.39 is 22.1 Å². The molecule has 0 amide bonds. The lowest BCUT2D eigenvalue weighted by molar-refractivity contribution is 0.0319. The lowest BCUT2D eigenvalue weighted by atomic mass is 10.1. The fourth-order valence-electron chi connectivity index (χ4n) is 3.83. The molecular weight excluding hydrogens is 430 g/mol. The van der Waals surface area contributed by atoms with Crippen molar-refractivity contribution in [2.45, 2.75) is 44.1 Å². The fourth-order valence-corrected chi connectivity index (χ4v) is 5.60. The number of ether oxygens (including phenoxy) is 1. The lowest BCUT2D eigenvalue weighted by Gasteiger charge is -2.26. The van der Waals surface area contributed by atoms with Crippen molar-refractivity contribution < 1.29 is 17.9 Å². The number of nitrogens with zero attached hydrogens (tertiary/aromatic N) is 2. The van der Waals surface area contributed by atoms with Crippen LogP contribution in [0.2, 0.25) is 0 Å². The van der Waals surface area contributed by atoms with Crippen molar-refractivity contribution in [3.63, 3.8) is 0 Å².